The monoisotopic (exact) mass is 399 g/mol. The summed E-state index contributed by atoms with van der Waals surface area (Å²) in [5.74, 6) is -0.187. The third-order valence-corrected chi connectivity index (χ3v) is 4.13. The molecule has 0 aliphatic carbocycles. The number of carbonyl (C=O) groups is 2. The number of hydrogen-bond donors (Lipinski definition) is 2. The van der Waals surface area contributed by atoms with E-state index in [0.717, 1.165) is 16.9 Å². The van der Waals surface area contributed by atoms with E-state index in [0.29, 0.717) is 5.56 Å². The fraction of sp³-hybridized carbons (Fsp3) is 0.0417. The van der Waals surface area contributed by atoms with E-state index in [1.807, 2.05) is 48.5 Å². The van der Waals surface area contributed by atoms with Crippen molar-refractivity contribution < 1.29 is 14.3 Å². The Balaban J connectivity index is 1.75. The van der Waals surface area contributed by atoms with Crippen molar-refractivity contribution in [2.45, 2.75) is 0 Å². The number of methoxy groups -OCH3 is 1. The number of ether oxygens (including phenoxy) is 1. The summed E-state index contributed by atoms with van der Waals surface area (Å²) in [6.07, 6.45) is 3.11. The second kappa shape index (κ2) is 10.4. The number of amides is 2. The molecule has 6 nitrogen and oxygen atoms in total. The van der Waals surface area contributed by atoms with Crippen molar-refractivity contribution in [1.29, 1.82) is 0 Å². The van der Waals surface area contributed by atoms with E-state index in [1.165, 1.54) is 6.21 Å². The Kier molecular flexibility index (Phi) is 7.11. The predicted octanol–water partition coefficient (Wildman–Crippen LogP) is 3.62. The lowest BCUT2D eigenvalue weighted by Gasteiger charge is -2.09. The number of carbonyl (C=O) groups excluding carboxylic acids is 2. The summed E-state index contributed by atoms with van der Waals surface area (Å²) in [7, 11) is 1.59. The Bertz CT molecular complexity index is 1040. The minimum absolute atomic E-state index is 0.0851. The molecular weight excluding hydrogens is 378 g/mol. The van der Waals surface area contributed by atoms with E-state index < -0.39 is 5.91 Å². The minimum atomic E-state index is -0.534. The summed E-state index contributed by atoms with van der Waals surface area (Å²) in [5, 5.41) is 6.65. The molecule has 2 N–H and O–H groups in total. The lowest BCUT2D eigenvalue weighted by atomic mass is 10.1. The zero-order valence-corrected chi connectivity index (χ0v) is 16.4. The first-order chi connectivity index (χ1) is 14.7. The Morgan fingerprint density at radius 3 is 2.10 bits per heavy atom. The highest BCUT2D eigenvalue weighted by Crippen LogP contribution is 2.10. The zero-order valence-electron chi connectivity index (χ0n) is 16.4. The van der Waals surface area contributed by atoms with Gasteiger partial charge in [0.2, 0.25) is 0 Å². The van der Waals surface area contributed by atoms with Crippen LogP contribution in [0.3, 0.4) is 0 Å². The zero-order chi connectivity index (χ0) is 21.2. The molecule has 3 aromatic carbocycles. The largest absolute Gasteiger partial charge is 0.497 e. The molecule has 0 spiro atoms. The van der Waals surface area contributed by atoms with Crippen LogP contribution in [0.15, 0.2) is 95.7 Å². The van der Waals surface area contributed by atoms with Crippen molar-refractivity contribution in [3.8, 4) is 5.75 Å². The molecule has 0 saturated heterocycles. The normalized spacial score (nSPS) is 11.2. The fourth-order valence-electron chi connectivity index (χ4n) is 2.57. The van der Waals surface area contributed by atoms with Crippen LogP contribution in [-0.4, -0.2) is 25.1 Å². The van der Waals surface area contributed by atoms with Gasteiger partial charge in [-0.05, 0) is 53.6 Å². The van der Waals surface area contributed by atoms with Gasteiger partial charge in [-0.3, -0.25) is 9.59 Å². The van der Waals surface area contributed by atoms with Crippen molar-refractivity contribution in [2.24, 2.45) is 5.10 Å². The van der Waals surface area contributed by atoms with Crippen molar-refractivity contribution in [3.63, 3.8) is 0 Å². The van der Waals surface area contributed by atoms with E-state index in [-0.39, 0.29) is 11.6 Å². The van der Waals surface area contributed by atoms with Crippen molar-refractivity contribution in [2.75, 3.05) is 7.11 Å². The molecular formula is C24H21N3O3. The number of rotatable bonds is 7. The number of nitrogens with one attached hydrogen (secondary N) is 2. The highest BCUT2D eigenvalue weighted by molar-refractivity contribution is 6.05. The summed E-state index contributed by atoms with van der Waals surface area (Å²) in [4.78, 5) is 25.2. The molecule has 2 amide bonds. The average Bonchev–Trinajstić information content (AvgIpc) is 2.80. The van der Waals surface area contributed by atoms with Crippen LogP contribution in [0.4, 0.5) is 0 Å². The molecule has 0 atom stereocenters. The first-order valence-corrected chi connectivity index (χ1v) is 9.26. The highest BCUT2D eigenvalue weighted by Gasteiger charge is 2.14. The SMILES string of the molecule is COc1ccc(/C=N\NC(=O)/C(=C\c2ccccc2)NC(=O)c2ccccc2)cc1. The van der Waals surface area contributed by atoms with Gasteiger partial charge >= 0.3 is 0 Å². The van der Waals surface area contributed by atoms with E-state index >= 15 is 0 Å². The smallest absolute Gasteiger partial charge is 0.287 e. The second-order valence-electron chi connectivity index (χ2n) is 6.26. The molecule has 0 unspecified atom stereocenters. The molecule has 0 saturated carbocycles. The van der Waals surface area contributed by atoms with E-state index in [2.05, 4.69) is 15.8 Å². The van der Waals surface area contributed by atoms with Gasteiger partial charge < -0.3 is 10.1 Å². The molecule has 0 aliphatic rings. The van der Waals surface area contributed by atoms with Gasteiger partial charge in [0.05, 0.1) is 13.3 Å². The predicted molar refractivity (Wildman–Crippen MR) is 117 cm³/mol. The van der Waals surface area contributed by atoms with Crippen LogP contribution in [0.5, 0.6) is 5.75 Å². The maximum atomic E-state index is 12.7. The molecule has 0 radical (unpaired) electrons. The highest BCUT2D eigenvalue weighted by atomic mass is 16.5. The lowest BCUT2D eigenvalue weighted by molar-refractivity contribution is -0.117. The first-order valence-electron chi connectivity index (χ1n) is 9.26. The number of hydrogen-bond acceptors (Lipinski definition) is 4. The maximum Gasteiger partial charge on any atom is 0.287 e. The summed E-state index contributed by atoms with van der Waals surface area (Å²) in [5.41, 5.74) is 4.55. The summed E-state index contributed by atoms with van der Waals surface area (Å²) in [6.45, 7) is 0. The molecule has 3 rings (SSSR count). The van der Waals surface area contributed by atoms with Crippen LogP contribution in [-0.2, 0) is 4.79 Å². The third kappa shape index (κ3) is 5.90. The minimum Gasteiger partial charge on any atom is -0.497 e. The van der Waals surface area contributed by atoms with Gasteiger partial charge in [-0.2, -0.15) is 5.10 Å². The van der Waals surface area contributed by atoms with Crippen LogP contribution >= 0.6 is 0 Å². The van der Waals surface area contributed by atoms with Gasteiger partial charge in [-0.1, -0.05) is 48.5 Å². The molecule has 3 aromatic rings. The Morgan fingerprint density at radius 2 is 1.47 bits per heavy atom. The van der Waals surface area contributed by atoms with Crippen molar-refractivity contribution in [3.05, 3.63) is 107 Å². The molecule has 0 bridgehead atoms. The summed E-state index contributed by atoms with van der Waals surface area (Å²) < 4.78 is 5.11. The van der Waals surface area contributed by atoms with Gasteiger partial charge in [0, 0.05) is 5.56 Å². The lowest BCUT2D eigenvalue weighted by Crippen LogP contribution is -2.32. The van der Waals surface area contributed by atoms with Crippen LogP contribution < -0.4 is 15.5 Å². The van der Waals surface area contributed by atoms with Crippen LogP contribution in [0.2, 0.25) is 0 Å². The summed E-state index contributed by atoms with van der Waals surface area (Å²) >= 11 is 0. The average molecular weight is 399 g/mol. The fourth-order valence-corrected chi connectivity index (χ4v) is 2.57. The molecule has 0 aromatic heterocycles. The number of nitrogens with zero attached hydrogens (tertiary/aromatic N) is 1. The van der Waals surface area contributed by atoms with Crippen molar-refractivity contribution in [1.82, 2.24) is 10.7 Å². The molecule has 0 aliphatic heterocycles. The Morgan fingerprint density at radius 1 is 0.833 bits per heavy atom. The summed E-state index contributed by atoms with van der Waals surface area (Å²) in [6, 6.07) is 25.1. The maximum absolute atomic E-state index is 12.7. The van der Waals surface area contributed by atoms with Gasteiger partial charge in [0.15, 0.2) is 0 Å². The molecule has 150 valence electrons. The van der Waals surface area contributed by atoms with Crippen molar-refractivity contribution >= 4 is 24.1 Å². The standard InChI is InChI=1S/C24H21N3O3/c1-30-21-14-12-19(13-15-21)17-25-27-24(29)22(16-18-8-4-2-5-9-18)26-23(28)20-10-6-3-7-11-20/h2-17H,1H3,(H,26,28)(H,27,29)/b22-16+,25-17-. The van der Waals surface area contributed by atoms with Gasteiger partial charge in [0.25, 0.3) is 11.8 Å². The topological polar surface area (TPSA) is 79.8 Å². The van der Waals surface area contributed by atoms with Crippen LogP contribution in [0, 0.1) is 0 Å². The third-order valence-electron chi connectivity index (χ3n) is 4.13. The van der Waals surface area contributed by atoms with Gasteiger partial charge in [0.1, 0.15) is 11.4 Å². The van der Waals surface area contributed by atoms with E-state index in [9.17, 15) is 9.59 Å². The number of benzene rings is 3. The Hall–Kier alpha value is -4.19. The van der Waals surface area contributed by atoms with Gasteiger partial charge in [-0.15, -0.1) is 0 Å². The molecule has 30 heavy (non-hydrogen) atoms. The van der Waals surface area contributed by atoms with E-state index in [4.69, 9.17) is 4.74 Å². The second-order valence-corrected chi connectivity index (χ2v) is 6.26. The molecule has 0 fully saturated rings. The van der Waals surface area contributed by atoms with Crippen LogP contribution in [0.25, 0.3) is 6.08 Å². The van der Waals surface area contributed by atoms with Gasteiger partial charge in [-0.25, -0.2) is 5.43 Å². The number of hydrazone groups is 1. The molecule has 6 heteroatoms. The van der Waals surface area contributed by atoms with E-state index in [1.54, 1.807) is 49.6 Å². The first kappa shape index (κ1) is 20.5. The van der Waals surface area contributed by atoms with Crippen LogP contribution in [0.1, 0.15) is 21.5 Å². The molecule has 0 heterocycles. The Labute approximate surface area is 174 Å². The quantitative estimate of drug-likeness (QED) is 0.362.